The van der Waals surface area contributed by atoms with Gasteiger partial charge < -0.3 is 10.1 Å². The average molecular weight is 225 g/mol. The van der Waals surface area contributed by atoms with Crippen molar-refractivity contribution >= 4 is 0 Å². The third kappa shape index (κ3) is 4.19. The first kappa shape index (κ1) is 13.0. The van der Waals surface area contributed by atoms with Gasteiger partial charge in [-0.3, -0.25) is 0 Å². The zero-order chi connectivity index (χ0) is 12.0. The van der Waals surface area contributed by atoms with Gasteiger partial charge in [-0.25, -0.2) is 4.39 Å². The summed E-state index contributed by atoms with van der Waals surface area (Å²) in [6.07, 6.45) is 2.03. The zero-order valence-electron chi connectivity index (χ0n) is 10.2. The number of benzene rings is 1. The van der Waals surface area contributed by atoms with Crippen molar-refractivity contribution < 1.29 is 9.13 Å². The highest BCUT2D eigenvalue weighted by Gasteiger charge is 2.02. The molecule has 1 unspecified atom stereocenters. The van der Waals surface area contributed by atoms with Crippen LogP contribution in [-0.4, -0.2) is 19.7 Å². The second-order valence-electron chi connectivity index (χ2n) is 4.09. The Balaban J connectivity index is 2.34. The maximum atomic E-state index is 12.9. The van der Waals surface area contributed by atoms with Crippen molar-refractivity contribution in [2.45, 2.75) is 32.7 Å². The van der Waals surface area contributed by atoms with Gasteiger partial charge in [0.2, 0.25) is 0 Å². The van der Waals surface area contributed by atoms with E-state index in [1.165, 1.54) is 12.1 Å². The van der Waals surface area contributed by atoms with E-state index in [-0.39, 0.29) is 5.82 Å². The van der Waals surface area contributed by atoms with Crippen molar-refractivity contribution in [1.29, 1.82) is 0 Å². The summed E-state index contributed by atoms with van der Waals surface area (Å²) >= 11 is 0. The number of rotatable bonds is 6. The monoisotopic (exact) mass is 225 g/mol. The maximum Gasteiger partial charge on any atom is 0.126 e. The Kier molecular flexibility index (Phi) is 5.26. The predicted molar refractivity (Wildman–Crippen MR) is 64.4 cm³/mol. The molecular formula is C13H20FNO. The lowest BCUT2D eigenvalue weighted by Crippen LogP contribution is -2.21. The number of aryl methyl sites for hydroxylation is 1. The molecule has 1 aromatic carbocycles. The van der Waals surface area contributed by atoms with Crippen molar-refractivity contribution in [3.8, 4) is 5.75 Å². The van der Waals surface area contributed by atoms with Gasteiger partial charge in [-0.2, -0.15) is 0 Å². The topological polar surface area (TPSA) is 21.3 Å². The van der Waals surface area contributed by atoms with Gasteiger partial charge in [0.15, 0.2) is 0 Å². The Morgan fingerprint density at radius 3 is 2.88 bits per heavy atom. The third-order valence-corrected chi connectivity index (χ3v) is 2.68. The van der Waals surface area contributed by atoms with E-state index in [1.807, 2.05) is 14.0 Å². The van der Waals surface area contributed by atoms with Crippen LogP contribution in [0.2, 0.25) is 0 Å². The Bertz CT molecular complexity index is 328. The minimum absolute atomic E-state index is 0.246. The van der Waals surface area contributed by atoms with Gasteiger partial charge in [-0.05, 0) is 45.4 Å². The first-order chi connectivity index (χ1) is 7.63. The van der Waals surface area contributed by atoms with E-state index in [2.05, 4.69) is 12.2 Å². The Hall–Kier alpha value is -1.09. The van der Waals surface area contributed by atoms with E-state index in [1.54, 1.807) is 6.07 Å². The van der Waals surface area contributed by atoms with E-state index >= 15 is 0 Å². The Morgan fingerprint density at radius 2 is 2.19 bits per heavy atom. The molecule has 90 valence electrons. The molecule has 0 saturated heterocycles. The van der Waals surface area contributed by atoms with Gasteiger partial charge in [0.1, 0.15) is 11.6 Å². The van der Waals surface area contributed by atoms with Gasteiger partial charge in [-0.15, -0.1) is 0 Å². The van der Waals surface area contributed by atoms with E-state index in [0.29, 0.717) is 18.4 Å². The minimum Gasteiger partial charge on any atom is -0.493 e. The van der Waals surface area contributed by atoms with Crippen LogP contribution in [0.1, 0.15) is 25.3 Å². The molecule has 0 aliphatic carbocycles. The van der Waals surface area contributed by atoms with Gasteiger partial charge in [0.25, 0.3) is 0 Å². The van der Waals surface area contributed by atoms with Crippen LogP contribution in [0.3, 0.4) is 0 Å². The fourth-order valence-corrected chi connectivity index (χ4v) is 1.45. The van der Waals surface area contributed by atoms with E-state index in [0.717, 1.165) is 18.4 Å². The van der Waals surface area contributed by atoms with Crippen molar-refractivity contribution in [3.05, 3.63) is 29.6 Å². The summed E-state index contributed by atoms with van der Waals surface area (Å²) in [4.78, 5) is 0. The highest BCUT2D eigenvalue weighted by atomic mass is 19.1. The summed E-state index contributed by atoms with van der Waals surface area (Å²) in [5, 5.41) is 3.17. The molecule has 0 aromatic heterocycles. The van der Waals surface area contributed by atoms with Crippen LogP contribution in [0.4, 0.5) is 4.39 Å². The molecule has 2 nitrogen and oxygen atoms in total. The smallest absolute Gasteiger partial charge is 0.126 e. The van der Waals surface area contributed by atoms with Crippen molar-refractivity contribution in [3.63, 3.8) is 0 Å². The Labute approximate surface area is 96.8 Å². The zero-order valence-corrected chi connectivity index (χ0v) is 10.2. The van der Waals surface area contributed by atoms with Crippen LogP contribution < -0.4 is 10.1 Å². The van der Waals surface area contributed by atoms with Gasteiger partial charge >= 0.3 is 0 Å². The lowest BCUT2D eigenvalue weighted by atomic mass is 10.2. The minimum atomic E-state index is -0.246. The summed E-state index contributed by atoms with van der Waals surface area (Å²) in [5.74, 6) is 0.404. The molecule has 1 rings (SSSR count). The SMILES string of the molecule is CNC(C)CCCOc1cc(F)ccc1C. The molecule has 0 bridgehead atoms. The first-order valence-corrected chi connectivity index (χ1v) is 5.69. The fourth-order valence-electron chi connectivity index (χ4n) is 1.45. The molecule has 0 aliphatic rings. The van der Waals surface area contributed by atoms with Crippen molar-refractivity contribution in [1.82, 2.24) is 5.32 Å². The van der Waals surface area contributed by atoms with Gasteiger partial charge in [0.05, 0.1) is 6.61 Å². The quantitative estimate of drug-likeness (QED) is 0.752. The van der Waals surface area contributed by atoms with Crippen molar-refractivity contribution in [2.75, 3.05) is 13.7 Å². The summed E-state index contributed by atoms with van der Waals surface area (Å²) in [6, 6.07) is 5.13. The fraction of sp³-hybridized carbons (Fsp3) is 0.538. The van der Waals surface area contributed by atoms with Crippen LogP contribution in [-0.2, 0) is 0 Å². The molecule has 16 heavy (non-hydrogen) atoms. The third-order valence-electron chi connectivity index (χ3n) is 2.68. The molecule has 0 heterocycles. The number of halogens is 1. The largest absolute Gasteiger partial charge is 0.493 e. The average Bonchev–Trinajstić information content (AvgIpc) is 2.28. The molecule has 1 N–H and O–H groups in total. The molecule has 0 spiro atoms. The van der Waals surface area contributed by atoms with Crippen molar-refractivity contribution in [2.24, 2.45) is 0 Å². The number of nitrogens with one attached hydrogen (secondary N) is 1. The molecular weight excluding hydrogens is 205 g/mol. The first-order valence-electron chi connectivity index (χ1n) is 5.69. The second-order valence-corrected chi connectivity index (χ2v) is 4.09. The molecule has 0 radical (unpaired) electrons. The van der Waals surface area contributed by atoms with E-state index in [9.17, 15) is 4.39 Å². The maximum absolute atomic E-state index is 12.9. The van der Waals surface area contributed by atoms with E-state index in [4.69, 9.17) is 4.74 Å². The Morgan fingerprint density at radius 1 is 1.44 bits per heavy atom. The van der Waals surface area contributed by atoms with E-state index < -0.39 is 0 Å². The van der Waals surface area contributed by atoms with Crippen LogP contribution in [0, 0.1) is 12.7 Å². The molecule has 0 amide bonds. The second kappa shape index (κ2) is 6.48. The normalized spacial score (nSPS) is 12.5. The highest BCUT2D eigenvalue weighted by Crippen LogP contribution is 2.18. The number of hydrogen-bond donors (Lipinski definition) is 1. The highest BCUT2D eigenvalue weighted by molar-refractivity contribution is 5.32. The standard InChI is InChI=1S/C13H20FNO/c1-10-6-7-12(14)9-13(10)16-8-4-5-11(2)15-3/h6-7,9,11,15H,4-5,8H2,1-3H3. The molecule has 0 fully saturated rings. The molecule has 1 atom stereocenters. The molecule has 0 saturated carbocycles. The van der Waals surface area contributed by atoms with Gasteiger partial charge in [0, 0.05) is 12.1 Å². The van der Waals surface area contributed by atoms with Gasteiger partial charge in [-0.1, -0.05) is 6.07 Å². The molecule has 0 aliphatic heterocycles. The summed E-state index contributed by atoms with van der Waals surface area (Å²) in [7, 11) is 1.95. The summed E-state index contributed by atoms with van der Waals surface area (Å²) in [5.41, 5.74) is 0.975. The van der Waals surface area contributed by atoms with Crippen LogP contribution in [0.25, 0.3) is 0 Å². The summed E-state index contributed by atoms with van der Waals surface area (Å²) in [6.45, 7) is 4.69. The number of hydrogen-bond acceptors (Lipinski definition) is 2. The predicted octanol–water partition coefficient (Wildman–Crippen LogP) is 2.90. The summed E-state index contributed by atoms with van der Waals surface area (Å²) < 4.78 is 18.5. The van der Waals surface area contributed by atoms with Crippen LogP contribution in [0.5, 0.6) is 5.75 Å². The van der Waals surface area contributed by atoms with Crippen LogP contribution in [0.15, 0.2) is 18.2 Å². The molecule has 1 aromatic rings. The lowest BCUT2D eigenvalue weighted by Gasteiger charge is -2.11. The molecule has 3 heteroatoms. The van der Waals surface area contributed by atoms with Crippen LogP contribution >= 0.6 is 0 Å². The lowest BCUT2D eigenvalue weighted by molar-refractivity contribution is 0.296. The number of ether oxygens (including phenoxy) is 1.